The number of aromatic nitrogens is 1. The molecule has 1 amide bonds. The predicted octanol–water partition coefficient (Wildman–Crippen LogP) is 3.02. The number of para-hydroxylation sites is 1. The van der Waals surface area contributed by atoms with Crippen LogP contribution in [0.1, 0.15) is 31.7 Å². The van der Waals surface area contributed by atoms with E-state index in [9.17, 15) is 4.79 Å². The zero-order valence-corrected chi connectivity index (χ0v) is 11.8. The normalized spacial score (nSPS) is 12.0. The summed E-state index contributed by atoms with van der Waals surface area (Å²) < 4.78 is 0. The lowest BCUT2D eigenvalue weighted by atomic mass is 10.1. The molecule has 3 nitrogen and oxygen atoms in total. The number of aryl methyl sites for hydroxylation is 1. The lowest BCUT2D eigenvalue weighted by Crippen LogP contribution is -2.34. The van der Waals surface area contributed by atoms with Crippen LogP contribution in [-0.4, -0.2) is 16.9 Å². The fraction of sp³-hybridized carbons (Fsp3) is 0.353. The molecule has 2 rings (SSSR count). The average molecular weight is 268 g/mol. The topological polar surface area (TPSA) is 44.9 Å². The molecule has 0 saturated heterocycles. The first-order valence-corrected chi connectivity index (χ1v) is 7.02. The van der Waals surface area contributed by atoms with Gasteiger partial charge >= 0.3 is 0 Å². The van der Waals surface area contributed by atoms with Crippen LogP contribution in [-0.2, 0) is 11.2 Å². The van der Waals surface area contributed by atoms with Crippen molar-refractivity contribution in [3.8, 4) is 12.3 Å². The van der Waals surface area contributed by atoms with Crippen LogP contribution in [0.5, 0.6) is 0 Å². The van der Waals surface area contributed by atoms with Gasteiger partial charge in [0.25, 0.3) is 0 Å². The standard InChI is InChI=1S/C17H20N2O/c1-3-7-14(4-2)19-17(20)11-10-13-12-18-16-9-6-5-8-15(13)16/h1,5-6,8-9,12,14,18H,4,7,10-11H2,2H3,(H,19,20). The van der Waals surface area contributed by atoms with Crippen molar-refractivity contribution in [1.82, 2.24) is 10.3 Å². The average Bonchev–Trinajstić information content (AvgIpc) is 2.88. The number of carbonyl (C=O) groups is 1. The van der Waals surface area contributed by atoms with Gasteiger partial charge in [-0.3, -0.25) is 4.79 Å². The van der Waals surface area contributed by atoms with Gasteiger partial charge in [-0.2, -0.15) is 0 Å². The van der Waals surface area contributed by atoms with Gasteiger partial charge < -0.3 is 10.3 Å². The number of amides is 1. The van der Waals surface area contributed by atoms with E-state index in [4.69, 9.17) is 6.42 Å². The summed E-state index contributed by atoms with van der Waals surface area (Å²) in [7, 11) is 0. The summed E-state index contributed by atoms with van der Waals surface area (Å²) in [5.74, 6) is 2.67. The third kappa shape index (κ3) is 3.42. The number of aromatic amines is 1. The Morgan fingerprint density at radius 1 is 1.45 bits per heavy atom. The molecule has 0 radical (unpaired) electrons. The third-order valence-corrected chi connectivity index (χ3v) is 3.52. The molecule has 104 valence electrons. The molecule has 3 heteroatoms. The number of benzene rings is 1. The Labute approximate surface area is 119 Å². The van der Waals surface area contributed by atoms with Gasteiger partial charge in [0.1, 0.15) is 0 Å². The summed E-state index contributed by atoms with van der Waals surface area (Å²) in [6, 6.07) is 8.22. The fourth-order valence-electron chi connectivity index (χ4n) is 2.33. The number of hydrogen-bond acceptors (Lipinski definition) is 1. The Morgan fingerprint density at radius 2 is 2.25 bits per heavy atom. The molecular formula is C17H20N2O. The van der Waals surface area contributed by atoms with Gasteiger partial charge in [-0.1, -0.05) is 25.1 Å². The van der Waals surface area contributed by atoms with Crippen LogP contribution in [0.15, 0.2) is 30.5 Å². The zero-order valence-electron chi connectivity index (χ0n) is 11.8. The zero-order chi connectivity index (χ0) is 14.4. The van der Waals surface area contributed by atoms with Gasteiger partial charge in [-0.15, -0.1) is 12.3 Å². The van der Waals surface area contributed by atoms with E-state index in [0.29, 0.717) is 12.8 Å². The molecule has 1 atom stereocenters. The lowest BCUT2D eigenvalue weighted by molar-refractivity contribution is -0.121. The van der Waals surface area contributed by atoms with Crippen LogP contribution >= 0.6 is 0 Å². The summed E-state index contributed by atoms with van der Waals surface area (Å²) in [6.07, 6.45) is 9.96. The number of terminal acetylenes is 1. The van der Waals surface area contributed by atoms with Gasteiger partial charge in [-0.05, 0) is 24.5 Å². The minimum atomic E-state index is 0.0670. The van der Waals surface area contributed by atoms with Crippen LogP contribution in [0.4, 0.5) is 0 Å². The number of rotatable bonds is 6. The smallest absolute Gasteiger partial charge is 0.220 e. The van der Waals surface area contributed by atoms with E-state index in [1.807, 2.05) is 31.3 Å². The first kappa shape index (κ1) is 14.2. The SMILES string of the molecule is C#CCC(CC)NC(=O)CCc1c[nH]c2ccccc12. The minimum absolute atomic E-state index is 0.0670. The van der Waals surface area contributed by atoms with Crippen LogP contribution in [0.2, 0.25) is 0 Å². The molecule has 0 aliphatic rings. The van der Waals surface area contributed by atoms with E-state index < -0.39 is 0 Å². The van der Waals surface area contributed by atoms with Crippen molar-refractivity contribution < 1.29 is 4.79 Å². The molecule has 20 heavy (non-hydrogen) atoms. The second kappa shape index (κ2) is 6.81. The van der Waals surface area contributed by atoms with Crippen molar-refractivity contribution >= 4 is 16.8 Å². The molecule has 0 spiro atoms. The Balaban J connectivity index is 1.92. The second-order valence-electron chi connectivity index (χ2n) is 4.94. The number of carbonyl (C=O) groups excluding carboxylic acids is 1. The Kier molecular flexibility index (Phi) is 4.84. The highest BCUT2D eigenvalue weighted by atomic mass is 16.1. The summed E-state index contributed by atoms with van der Waals surface area (Å²) in [5.41, 5.74) is 2.29. The van der Waals surface area contributed by atoms with Gasteiger partial charge in [-0.25, -0.2) is 0 Å². The van der Waals surface area contributed by atoms with Gasteiger partial charge in [0.2, 0.25) is 5.91 Å². The molecule has 1 heterocycles. The highest BCUT2D eigenvalue weighted by Crippen LogP contribution is 2.18. The maximum atomic E-state index is 11.9. The van der Waals surface area contributed by atoms with E-state index in [2.05, 4.69) is 22.3 Å². The number of fused-ring (bicyclic) bond motifs is 1. The first-order valence-electron chi connectivity index (χ1n) is 7.02. The third-order valence-electron chi connectivity index (χ3n) is 3.52. The van der Waals surface area contributed by atoms with Crippen molar-refractivity contribution in [3.63, 3.8) is 0 Å². The largest absolute Gasteiger partial charge is 0.361 e. The van der Waals surface area contributed by atoms with Crippen LogP contribution < -0.4 is 5.32 Å². The molecule has 2 N–H and O–H groups in total. The van der Waals surface area contributed by atoms with E-state index in [1.165, 1.54) is 10.9 Å². The molecule has 1 aromatic carbocycles. The number of nitrogens with one attached hydrogen (secondary N) is 2. The maximum Gasteiger partial charge on any atom is 0.220 e. The summed E-state index contributed by atoms with van der Waals surface area (Å²) in [5, 5.41) is 4.18. The fourth-order valence-corrected chi connectivity index (χ4v) is 2.33. The van der Waals surface area contributed by atoms with Crippen molar-refractivity contribution in [2.75, 3.05) is 0 Å². The molecule has 0 fully saturated rings. The summed E-state index contributed by atoms with van der Waals surface area (Å²) in [4.78, 5) is 15.2. The van der Waals surface area contributed by atoms with Crippen molar-refractivity contribution in [1.29, 1.82) is 0 Å². The Morgan fingerprint density at radius 3 is 3.00 bits per heavy atom. The van der Waals surface area contributed by atoms with E-state index in [0.717, 1.165) is 18.4 Å². The second-order valence-corrected chi connectivity index (χ2v) is 4.94. The quantitative estimate of drug-likeness (QED) is 0.777. The molecule has 1 aromatic heterocycles. The molecular weight excluding hydrogens is 248 g/mol. The number of H-pyrrole nitrogens is 1. The summed E-state index contributed by atoms with van der Waals surface area (Å²) in [6.45, 7) is 2.03. The highest BCUT2D eigenvalue weighted by Gasteiger charge is 2.10. The summed E-state index contributed by atoms with van der Waals surface area (Å²) >= 11 is 0. The molecule has 0 aliphatic heterocycles. The van der Waals surface area contributed by atoms with Crippen LogP contribution in [0.25, 0.3) is 10.9 Å². The van der Waals surface area contributed by atoms with Crippen LogP contribution in [0.3, 0.4) is 0 Å². The molecule has 2 aromatic rings. The van der Waals surface area contributed by atoms with Crippen LogP contribution in [0, 0.1) is 12.3 Å². The van der Waals surface area contributed by atoms with E-state index >= 15 is 0 Å². The van der Waals surface area contributed by atoms with Gasteiger partial charge in [0, 0.05) is 36.0 Å². The minimum Gasteiger partial charge on any atom is -0.361 e. The predicted molar refractivity (Wildman–Crippen MR) is 82.3 cm³/mol. The van der Waals surface area contributed by atoms with Crippen molar-refractivity contribution in [3.05, 3.63) is 36.0 Å². The van der Waals surface area contributed by atoms with Gasteiger partial charge in [0.05, 0.1) is 0 Å². The Bertz CT molecular complexity index is 621. The number of hydrogen-bond donors (Lipinski definition) is 2. The lowest BCUT2D eigenvalue weighted by Gasteiger charge is -2.13. The van der Waals surface area contributed by atoms with E-state index in [1.54, 1.807) is 0 Å². The van der Waals surface area contributed by atoms with E-state index in [-0.39, 0.29) is 11.9 Å². The maximum absolute atomic E-state index is 11.9. The Hall–Kier alpha value is -2.21. The first-order chi connectivity index (χ1) is 9.74. The molecule has 1 unspecified atom stereocenters. The molecule has 0 bridgehead atoms. The highest BCUT2D eigenvalue weighted by molar-refractivity contribution is 5.84. The van der Waals surface area contributed by atoms with Gasteiger partial charge in [0.15, 0.2) is 0 Å². The van der Waals surface area contributed by atoms with Crippen molar-refractivity contribution in [2.45, 2.75) is 38.6 Å². The van der Waals surface area contributed by atoms with Crippen molar-refractivity contribution in [2.24, 2.45) is 0 Å². The monoisotopic (exact) mass is 268 g/mol. The molecule has 0 aliphatic carbocycles. The molecule has 0 saturated carbocycles.